The molecule has 0 saturated carbocycles. The maximum absolute atomic E-state index is 7.00. The number of imidazole rings is 2. The van der Waals surface area contributed by atoms with E-state index in [1.165, 1.54) is 19.3 Å². The third-order valence-electron chi connectivity index (χ3n) is 3.56. The third-order valence-corrected chi connectivity index (χ3v) is 3.56. The number of aliphatic hydroxyl groups is 1. The number of nitrogens with zero attached hydrogens (tertiary/aromatic N) is 3. The van der Waals surface area contributed by atoms with E-state index >= 15 is 0 Å². The van der Waals surface area contributed by atoms with Crippen molar-refractivity contribution in [2.24, 2.45) is 4.99 Å². The minimum absolute atomic E-state index is 0. The van der Waals surface area contributed by atoms with Gasteiger partial charge in [-0.15, -0.1) is 0 Å². The molecule has 2 aliphatic heterocycles. The number of aromatic amines is 2. The molecule has 2 aromatic heterocycles. The maximum Gasteiger partial charge on any atom is 1.00 e. The number of nitrogens with one attached hydrogen (secondary N) is 3. The van der Waals surface area contributed by atoms with Gasteiger partial charge in [-0.1, -0.05) is 0 Å². The molecular formula is C15H25BN6NaO. The normalized spacial score (nSPS) is 18.1. The van der Waals surface area contributed by atoms with Gasteiger partial charge in [-0.2, -0.15) is 0 Å². The quantitative estimate of drug-likeness (QED) is 0.484. The van der Waals surface area contributed by atoms with Crippen LogP contribution < -0.4 is 34.9 Å². The maximum atomic E-state index is 7.00. The second kappa shape index (κ2) is 13.4. The Hall–Kier alpha value is -0.925. The van der Waals surface area contributed by atoms with Crippen LogP contribution in [0.3, 0.4) is 0 Å². The second-order valence-electron chi connectivity index (χ2n) is 4.99. The molecule has 0 amide bonds. The molecule has 1 fully saturated rings. The molecule has 1 saturated heterocycles. The van der Waals surface area contributed by atoms with Gasteiger partial charge >= 0.3 is 29.6 Å². The zero-order valence-electron chi connectivity index (χ0n) is 15.5. The summed E-state index contributed by atoms with van der Waals surface area (Å²) in [5, 5.41) is 10.4. The summed E-state index contributed by atoms with van der Waals surface area (Å²) in [5.74, 6) is 2.02. The number of rotatable bonds is 2. The van der Waals surface area contributed by atoms with E-state index in [-0.39, 0.29) is 39.4 Å². The van der Waals surface area contributed by atoms with Crippen molar-refractivity contribution in [1.82, 2.24) is 25.3 Å². The third kappa shape index (κ3) is 6.90. The van der Waals surface area contributed by atoms with E-state index in [0.717, 1.165) is 44.0 Å². The van der Waals surface area contributed by atoms with Crippen LogP contribution in [0, 0.1) is 0 Å². The molecule has 0 aliphatic carbocycles. The summed E-state index contributed by atoms with van der Waals surface area (Å²) < 4.78 is 0. The summed E-state index contributed by atoms with van der Waals surface area (Å²) in [6.07, 6.45) is 12.0. The first-order valence-corrected chi connectivity index (χ1v) is 7.64. The Morgan fingerprint density at radius 1 is 1.12 bits per heavy atom. The summed E-state index contributed by atoms with van der Waals surface area (Å²) >= 11 is 0. The Bertz CT molecular complexity index is 546. The number of aliphatic hydroxyl groups excluding tert-OH is 1. The molecule has 7 nitrogen and oxygen atoms in total. The van der Waals surface area contributed by atoms with Crippen molar-refractivity contribution in [3.63, 3.8) is 0 Å². The molecule has 0 bridgehead atoms. The number of H-pyrrole nitrogens is 2. The van der Waals surface area contributed by atoms with Gasteiger partial charge in [-0.05, 0) is 32.2 Å². The van der Waals surface area contributed by atoms with Crippen molar-refractivity contribution in [3.8, 4) is 0 Å². The average molecular weight is 339 g/mol. The molecule has 4 rings (SSSR count). The SMILES string of the molecule is CO.[B].[H-].[Na+].c1c[nH]c(C2=NCCC2)n1.c1c[nH]c(C2CCCN2)n1. The monoisotopic (exact) mass is 339 g/mol. The van der Waals surface area contributed by atoms with Crippen LogP contribution in [-0.4, -0.2) is 59.4 Å². The summed E-state index contributed by atoms with van der Waals surface area (Å²) in [6.45, 7) is 2.10. The van der Waals surface area contributed by atoms with Gasteiger partial charge < -0.3 is 21.8 Å². The van der Waals surface area contributed by atoms with Crippen molar-refractivity contribution in [2.75, 3.05) is 20.2 Å². The molecular weight excluding hydrogens is 314 g/mol. The average Bonchev–Trinajstić information content (AvgIpc) is 3.40. The molecule has 4 N–H and O–H groups in total. The van der Waals surface area contributed by atoms with E-state index in [2.05, 4.69) is 30.2 Å². The van der Waals surface area contributed by atoms with Crippen LogP contribution in [0.1, 0.15) is 44.8 Å². The number of aliphatic imine (C=N–C) groups is 1. The fourth-order valence-electron chi connectivity index (χ4n) is 2.54. The van der Waals surface area contributed by atoms with Crippen molar-refractivity contribution in [2.45, 2.75) is 31.7 Å². The Morgan fingerprint density at radius 3 is 2.38 bits per heavy atom. The predicted molar refractivity (Wildman–Crippen MR) is 92.8 cm³/mol. The molecule has 1 unspecified atom stereocenters. The smallest absolute Gasteiger partial charge is 1.00 e. The Kier molecular flexibility index (Phi) is 12.9. The van der Waals surface area contributed by atoms with Crippen LogP contribution in [0.15, 0.2) is 29.8 Å². The Labute approximate surface area is 168 Å². The van der Waals surface area contributed by atoms with Crippen LogP contribution >= 0.6 is 0 Å². The second-order valence-corrected chi connectivity index (χ2v) is 4.99. The van der Waals surface area contributed by atoms with Crippen molar-refractivity contribution in [3.05, 3.63) is 36.4 Å². The fourth-order valence-corrected chi connectivity index (χ4v) is 2.54. The molecule has 9 heteroatoms. The molecule has 3 radical (unpaired) electrons. The van der Waals surface area contributed by atoms with Gasteiger partial charge in [-0.3, -0.25) is 4.99 Å². The van der Waals surface area contributed by atoms with Crippen LogP contribution in [-0.2, 0) is 0 Å². The predicted octanol–water partition coefficient (Wildman–Crippen LogP) is -1.83. The summed E-state index contributed by atoms with van der Waals surface area (Å²) in [7, 11) is 1.00. The Balaban J connectivity index is 0. The van der Waals surface area contributed by atoms with Crippen LogP contribution in [0.5, 0.6) is 0 Å². The van der Waals surface area contributed by atoms with Crippen molar-refractivity contribution in [1.29, 1.82) is 0 Å². The molecule has 1 atom stereocenters. The van der Waals surface area contributed by atoms with E-state index < -0.39 is 0 Å². The van der Waals surface area contributed by atoms with E-state index in [9.17, 15) is 0 Å². The standard InChI is InChI=1S/C7H11N3.C7H9N3.CH4O.B.Na.H/c2*1-2-6(8-3-1)7-9-4-5-10-7;1-2;;;/h4-6,8H,1-3H2,(H,9,10);4-5H,1-3H2,(H,9,10);2H,1H3;;;/q;;;;+1;-1. The number of aromatic nitrogens is 4. The van der Waals surface area contributed by atoms with Gasteiger partial charge in [0.1, 0.15) is 5.82 Å². The zero-order valence-corrected chi connectivity index (χ0v) is 16.5. The van der Waals surface area contributed by atoms with Gasteiger partial charge in [0, 0.05) is 46.9 Å². The summed E-state index contributed by atoms with van der Waals surface area (Å²) in [4.78, 5) is 18.7. The van der Waals surface area contributed by atoms with E-state index in [0.29, 0.717) is 6.04 Å². The first-order chi connectivity index (χ1) is 10.9. The minimum atomic E-state index is 0. The van der Waals surface area contributed by atoms with E-state index in [1.807, 2.05) is 12.4 Å². The van der Waals surface area contributed by atoms with Gasteiger partial charge in [0.25, 0.3) is 0 Å². The first-order valence-electron chi connectivity index (χ1n) is 7.64. The van der Waals surface area contributed by atoms with Gasteiger partial charge in [-0.25, -0.2) is 9.97 Å². The zero-order chi connectivity index (χ0) is 15.6. The van der Waals surface area contributed by atoms with Crippen LogP contribution in [0.2, 0.25) is 0 Å². The first kappa shape index (κ1) is 23.1. The molecule has 125 valence electrons. The molecule has 2 aliphatic rings. The fraction of sp³-hybridized carbons (Fsp3) is 0.533. The topological polar surface area (TPSA) is 102 Å². The number of hydrogen-bond acceptors (Lipinski definition) is 5. The summed E-state index contributed by atoms with van der Waals surface area (Å²) in [5.41, 5.74) is 1.13. The summed E-state index contributed by atoms with van der Waals surface area (Å²) in [6, 6.07) is 0.481. The Morgan fingerprint density at radius 2 is 1.88 bits per heavy atom. The van der Waals surface area contributed by atoms with Gasteiger partial charge in [0.2, 0.25) is 0 Å². The van der Waals surface area contributed by atoms with Gasteiger partial charge in [0.15, 0.2) is 5.82 Å². The van der Waals surface area contributed by atoms with Crippen molar-refractivity contribution < 1.29 is 36.1 Å². The van der Waals surface area contributed by atoms with Gasteiger partial charge in [0.05, 0.1) is 11.8 Å². The minimum Gasteiger partial charge on any atom is -1.00 e. The molecule has 0 spiro atoms. The molecule has 4 heterocycles. The van der Waals surface area contributed by atoms with Crippen LogP contribution in [0.25, 0.3) is 0 Å². The van der Waals surface area contributed by atoms with E-state index in [1.54, 1.807) is 12.4 Å². The van der Waals surface area contributed by atoms with Crippen LogP contribution in [0.4, 0.5) is 0 Å². The molecule has 0 aromatic carbocycles. The molecule has 24 heavy (non-hydrogen) atoms. The number of hydrogen-bond donors (Lipinski definition) is 4. The molecule has 2 aromatic rings. The largest absolute Gasteiger partial charge is 1.00 e. The van der Waals surface area contributed by atoms with E-state index in [4.69, 9.17) is 5.11 Å². The van der Waals surface area contributed by atoms with Crippen molar-refractivity contribution >= 4 is 14.1 Å².